The van der Waals surface area contributed by atoms with Crippen molar-refractivity contribution in [2.45, 2.75) is 6.54 Å². The number of para-hydroxylation sites is 1. The number of nitrogens with zero attached hydrogens (tertiary/aromatic N) is 2. The maximum Gasteiger partial charge on any atom is 0.0991 e. The molecule has 0 aromatic heterocycles. The molecule has 0 heterocycles. The summed E-state index contributed by atoms with van der Waals surface area (Å²) in [6, 6.07) is 28.2. The van der Waals surface area contributed by atoms with E-state index in [0.29, 0.717) is 12.1 Å². The fourth-order valence-electron chi connectivity index (χ4n) is 2.70. The van der Waals surface area contributed by atoms with Crippen molar-refractivity contribution in [3.8, 4) is 17.9 Å². The van der Waals surface area contributed by atoms with Gasteiger partial charge in [-0.05, 0) is 54.1 Å². The van der Waals surface area contributed by atoms with Gasteiger partial charge in [-0.2, -0.15) is 5.26 Å². The third-order valence-corrected chi connectivity index (χ3v) is 4.20. The van der Waals surface area contributed by atoms with Gasteiger partial charge >= 0.3 is 0 Å². The highest BCUT2D eigenvalue weighted by atomic mass is 15.1. The summed E-state index contributed by atoms with van der Waals surface area (Å²) in [4.78, 5) is 2.22. The summed E-state index contributed by atoms with van der Waals surface area (Å²) in [5, 5.41) is 12.0. The highest BCUT2D eigenvalue weighted by molar-refractivity contribution is 5.49. The van der Waals surface area contributed by atoms with Crippen molar-refractivity contribution in [1.29, 1.82) is 5.26 Å². The summed E-state index contributed by atoms with van der Waals surface area (Å²) in [7, 11) is 2.10. The predicted octanol–water partition coefficient (Wildman–Crippen LogP) is 4.66. The Morgan fingerprint density at radius 1 is 0.852 bits per heavy atom. The molecule has 0 aliphatic rings. The van der Waals surface area contributed by atoms with E-state index in [0.717, 1.165) is 17.8 Å². The molecule has 1 N–H and O–H groups in total. The first-order chi connectivity index (χ1) is 13.2. The van der Waals surface area contributed by atoms with Gasteiger partial charge in [-0.25, -0.2) is 0 Å². The van der Waals surface area contributed by atoms with Gasteiger partial charge in [0.25, 0.3) is 0 Å². The van der Waals surface area contributed by atoms with Gasteiger partial charge in [-0.3, -0.25) is 0 Å². The van der Waals surface area contributed by atoms with E-state index in [9.17, 15) is 0 Å². The van der Waals surface area contributed by atoms with Gasteiger partial charge in [0.1, 0.15) is 0 Å². The second-order valence-corrected chi connectivity index (χ2v) is 6.23. The van der Waals surface area contributed by atoms with Gasteiger partial charge in [0.05, 0.1) is 18.2 Å². The lowest BCUT2D eigenvalue weighted by Gasteiger charge is -2.19. The van der Waals surface area contributed by atoms with E-state index in [4.69, 9.17) is 5.26 Å². The first-order valence-electron chi connectivity index (χ1n) is 8.82. The number of nitriles is 1. The minimum Gasteiger partial charge on any atom is -0.374 e. The summed E-state index contributed by atoms with van der Waals surface area (Å²) < 4.78 is 0. The molecule has 0 aliphatic carbocycles. The lowest BCUT2D eigenvalue weighted by atomic mass is 10.1. The minimum absolute atomic E-state index is 0.560. The molecule has 132 valence electrons. The maximum atomic E-state index is 8.80. The van der Waals surface area contributed by atoms with E-state index in [2.05, 4.69) is 83.7 Å². The zero-order chi connectivity index (χ0) is 18.9. The number of hydrogen-bond acceptors (Lipinski definition) is 3. The van der Waals surface area contributed by atoms with Crippen LogP contribution in [0, 0.1) is 23.2 Å². The van der Waals surface area contributed by atoms with Crippen molar-refractivity contribution in [3.63, 3.8) is 0 Å². The summed E-state index contributed by atoms with van der Waals surface area (Å²) in [5.41, 5.74) is 5.08. The largest absolute Gasteiger partial charge is 0.374 e. The summed E-state index contributed by atoms with van der Waals surface area (Å²) in [6.07, 6.45) is 0. The predicted molar refractivity (Wildman–Crippen MR) is 112 cm³/mol. The van der Waals surface area contributed by atoms with Crippen LogP contribution in [0.1, 0.15) is 16.7 Å². The molecular formula is C24H21N3. The normalized spacial score (nSPS) is 9.63. The molecule has 3 heteroatoms. The van der Waals surface area contributed by atoms with Gasteiger partial charge < -0.3 is 10.2 Å². The Balaban J connectivity index is 1.52. The third kappa shape index (κ3) is 5.39. The van der Waals surface area contributed by atoms with E-state index in [1.807, 2.05) is 18.2 Å². The van der Waals surface area contributed by atoms with Crippen LogP contribution in [0.15, 0.2) is 78.9 Å². The van der Waals surface area contributed by atoms with Crippen LogP contribution in [0.4, 0.5) is 11.4 Å². The third-order valence-electron chi connectivity index (χ3n) is 4.20. The van der Waals surface area contributed by atoms with E-state index in [1.54, 1.807) is 12.1 Å². The Bertz CT molecular complexity index is 957. The SMILES string of the molecule is CN(Cc1ccc(C#CCNc2ccc(C#N)cc2)cc1)c1ccccc1. The molecule has 0 fully saturated rings. The Labute approximate surface area is 160 Å². The average Bonchev–Trinajstić information content (AvgIpc) is 2.73. The number of rotatable bonds is 5. The molecule has 0 atom stereocenters. The summed E-state index contributed by atoms with van der Waals surface area (Å²) in [5.74, 6) is 6.30. The van der Waals surface area contributed by atoms with Crippen molar-refractivity contribution in [2.75, 3.05) is 23.8 Å². The molecule has 0 unspecified atom stereocenters. The molecule has 3 nitrogen and oxygen atoms in total. The summed E-state index contributed by atoms with van der Waals surface area (Å²) >= 11 is 0. The van der Waals surface area contributed by atoms with Crippen molar-refractivity contribution in [1.82, 2.24) is 0 Å². The lowest BCUT2D eigenvalue weighted by Crippen LogP contribution is -2.15. The van der Waals surface area contributed by atoms with Crippen LogP contribution in [0.2, 0.25) is 0 Å². The van der Waals surface area contributed by atoms with Gasteiger partial charge in [-0.15, -0.1) is 0 Å². The fraction of sp³-hybridized carbons (Fsp3) is 0.125. The van der Waals surface area contributed by atoms with Gasteiger partial charge in [0.2, 0.25) is 0 Å². The van der Waals surface area contributed by atoms with E-state index in [1.165, 1.54) is 11.3 Å². The fourth-order valence-corrected chi connectivity index (χ4v) is 2.70. The van der Waals surface area contributed by atoms with Crippen molar-refractivity contribution < 1.29 is 0 Å². The van der Waals surface area contributed by atoms with Crippen LogP contribution in [-0.2, 0) is 6.54 Å². The number of hydrogen-bond donors (Lipinski definition) is 1. The molecule has 3 rings (SSSR count). The van der Waals surface area contributed by atoms with Crippen LogP contribution < -0.4 is 10.2 Å². The topological polar surface area (TPSA) is 39.1 Å². The Kier molecular flexibility index (Phi) is 6.13. The maximum absolute atomic E-state index is 8.80. The minimum atomic E-state index is 0.560. The molecule has 0 aliphatic heterocycles. The second-order valence-electron chi connectivity index (χ2n) is 6.23. The number of benzene rings is 3. The molecule has 0 amide bonds. The van der Waals surface area contributed by atoms with Crippen LogP contribution in [0.25, 0.3) is 0 Å². The van der Waals surface area contributed by atoms with Gasteiger partial charge in [0.15, 0.2) is 0 Å². The van der Waals surface area contributed by atoms with Crippen molar-refractivity contribution in [2.24, 2.45) is 0 Å². The summed E-state index contributed by atoms with van der Waals surface area (Å²) in [6.45, 7) is 1.42. The first-order valence-corrected chi connectivity index (χ1v) is 8.82. The van der Waals surface area contributed by atoms with Crippen LogP contribution in [-0.4, -0.2) is 13.6 Å². The monoisotopic (exact) mass is 351 g/mol. The number of anilines is 2. The van der Waals surface area contributed by atoms with Crippen LogP contribution in [0.5, 0.6) is 0 Å². The molecule has 3 aromatic rings. The van der Waals surface area contributed by atoms with E-state index in [-0.39, 0.29) is 0 Å². The molecule has 0 spiro atoms. The molecule has 3 aromatic carbocycles. The molecule has 27 heavy (non-hydrogen) atoms. The molecular weight excluding hydrogens is 330 g/mol. The molecule has 0 bridgehead atoms. The quantitative estimate of drug-likeness (QED) is 0.680. The van der Waals surface area contributed by atoms with Gasteiger partial charge in [-0.1, -0.05) is 42.2 Å². The smallest absolute Gasteiger partial charge is 0.0991 e. The Hall–Kier alpha value is -3.69. The molecule has 0 radical (unpaired) electrons. The van der Waals surface area contributed by atoms with E-state index >= 15 is 0 Å². The first kappa shape index (κ1) is 18.1. The zero-order valence-electron chi connectivity index (χ0n) is 15.3. The second kappa shape index (κ2) is 9.13. The van der Waals surface area contributed by atoms with Crippen LogP contribution in [0.3, 0.4) is 0 Å². The average molecular weight is 351 g/mol. The molecule has 0 saturated carbocycles. The van der Waals surface area contributed by atoms with Crippen molar-refractivity contribution >= 4 is 11.4 Å². The highest BCUT2D eigenvalue weighted by Gasteiger charge is 2.01. The Morgan fingerprint density at radius 2 is 1.52 bits per heavy atom. The van der Waals surface area contributed by atoms with E-state index < -0.39 is 0 Å². The zero-order valence-corrected chi connectivity index (χ0v) is 15.3. The van der Waals surface area contributed by atoms with Crippen molar-refractivity contribution in [3.05, 3.63) is 95.6 Å². The Morgan fingerprint density at radius 3 is 2.19 bits per heavy atom. The highest BCUT2D eigenvalue weighted by Crippen LogP contribution is 2.15. The molecule has 0 saturated heterocycles. The lowest BCUT2D eigenvalue weighted by molar-refractivity contribution is 0.923. The van der Waals surface area contributed by atoms with Gasteiger partial charge in [0, 0.05) is 30.5 Å². The van der Waals surface area contributed by atoms with Crippen LogP contribution >= 0.6 is 0 Å². The standard InChI is InChI=1S/C24H21N3/c1-27(24-7-3-2-4-8-24)19-22-11-9-20(10-12-22)6-5-17-26-23-15-13-21(18-25)14-16-23/h2-4,7-16,26H,17,19H2,1H3. The number of nitrogens with one attached hydrogen (secondary N) is 1.